The molecule has 28 heavy (non-hydrogen) atoms. The Labute approximate surface area is 173 Å². The summed E-state index contributed by atoms with van der Waals surface area (Å²) in [7, 11) is 4.65. The van der Waals surface area contributed by atoms with Crippen molar-refractivity contribution in [2.75, 3.05) is 27.2 Å². The lowest BCUT2D eigenvalue weighted by Gasteiger charge is -2.31. The molecule has 1 N–H and O–H groups in total. The molecular formula is C23H30ClN4+. The highest BCUT2D eigenvalue weighted by atomic mass is 35.5. The van der Waals surface area contributed by atoms with Crippen LogP contribution in [0.3, 0.4) is 0 Å². The summed E-state index contributed by atoms with van der Waals surface area (Å²) >= 11 is 6.10. The molecule has 3 rings (SSSR count). The summed E-state index contributed by atoms with van der Waals surface area (Å²) < 4.78 is 1.01. The van der Waals surface area contributed by atoms with Crippen LogP contribution in [0.25, 0.3) is 0 Å². The highest BCUT2D eigenvalue weighted by molar-refractivity contribution is 6.30. The van der Waals surface area contributed by atoms with Gasteiger partial charge in [-0.25, -0.2) is 4.98 Å². The maximum atomic E-state index is 6.10. The van der Waals surface area contributed by atoms with Crippen LogP contribution in [-0.2, 0) is 6.42 Å². The van der Waals surface area contributed by atoms with Crippen molar-refractivity contribution >= 4 is 11.6 Å². The number of nitrogens with zero attached hydrogens (tertiary/aromatic N) is 3. The minimum atomic E-state index is 0.292. The number of aryl methyl sites for hydroxylation is 1. The van der Waals surface area contributed by atoms with Gasteiger partial charge in [0.15, 0.2) is 0 Å². The lowest BCUT2D eigenvalue weighted by molar-refractivity contribution is -0.890. The van der Waals surface area contributed by atoms with Gasteiger partial charge in [0, 0.05) is 41.1 Å². The molecule has 0 amide bonds. The first kappa shape index (κ1) is 20.6. The maximum Gasteiger partial charge on any atom is 0.0921 e. The molecule has 0 saturated carbocycles. The Balaban J connectivity index is 1.58. The third kappa shape index (κ3) is 6.18. The maximum absolute atomic E-state index is 6.10. The van der Waals surface area contributed by atoms with Crippen LogP contribution in [0.2, 0.25) is 5.02 Å². The third-order valence-electron chi connectivity index (χ3n) is 5.35. The number of pyridine rings is 1. The fourth-order valence-electron chi connectivity index (χ4n) is 3.63. The first-order valence-corrected chi connectivity index (χ1v) is 10.4. The van der Waals surface area contributed by atoms with E-state index in [4.69, 9.17) is 11.6 Å². The second kappa shape index (κ2) is 9.85. The highest BCUT2D eigenvalue weighted by Gasteiger charge is 2.21. The van der Waals surface area contributed by atoms with E-state index in [0.717, 1.165) is 34.6 Å². The number of hydrogen-bond acceptors (Lipinski definition) is 2. The van der Waals surface area contributed by atoms with Gasteiger partial charge < -0.3 is 9.47 Å². The summed E-state index contributed by atoms with van der Waals surface area (Å²) in [6, 6.07) is 14.4. The summed E-state index contributed by atoms with van der Waals surface area (Å²) in [6.45, 7) is 2.28. The Kier molecular flexibility index (Phi) is 7.24. The molecule has 148 valence electrons. The first-order valence-electron chi connectivity index (χ1n) is 9.99. The molecule has 3 aromatic rings. The van der Waals surface area contributed by atoms with Crippen LogP contribution in [-0.4, -0.2) is 46.6 Å². The topological polar surface area (TPSA) is 41.6 Å². The Morgan fingerprint density at radius 2 is 1.86 bits per heavy atom. The molecule has 0 fully saturated rings. The van der Waals surface area contributed by atoms with Crippen molar-refractivity contribution in [2.24, 2.45) is 0 Å². The smallest absolute Gasteiger partial charge is 0.0921 e. The van der Waals surface area contributed by atoms with Crippen molar-refractivity contribution in [1.82, 2.24) is 15.0 Å². The molecule has 0 aliphatic heterocycles. The Hall–Kier alpha value is -2.17. The number of H-pyrrole nitrogens is 1. The molecule has 0 spiro atoms. The van der Waals surface area contributed by atoms with Gasteiger partial charge in [-0.2, -0.15) is 0 Å². The van der Waals surface area contributed by atoms with Gasteiger partial charge in [-0.1, -0.05) is 29.8 Å². The van der Waals surface area contributed by atoms with Gasteiger partial charge in [0.1, 0.15) is 0 Å². The SMILES string of the molecule is C[N+](C)(CCCCc1cnc[nH]1)CCC(c1ccc(Cl)cc1)c1ccccn1. The molecule has 2 aromatic heterocycles. The molecule has 0 aliphatic rings. The summed E-state index contributed by atoms with van der Waals surface area (Å²) in [5.74, 6) is 0.292. The predicted octanol–water partition coefficient (Wildman–Crippen LogP) is 5.08. The molecule has 4 nitrogen and oxygen atoms in total. The number of quaternary nitrogens is 1. The molecule has 5 heteroatoms. The van der Waals surface area contributed by atoms with E-state index in [1.807, 2.05) is 30.6 Å². The van der Waals surface area contributed by atoms with E-state index in [0.29, 0.717) is 5.92 Å². The van der Waals surface area contributed by atoms with Gasteiger partial charge in [0.05, 0.1) is 33.5 Å². The third-order valence-corrected chi connectivity index (χ3v) is 5.61. The number of hydrogen-bond donors (Lipinski definition) is 1. The quantitative estimate of drug-likeness (QED) is 0.383. The Bertz CT molecular complexity index is 814. The average Bonchev–Trinajstić information content (AvgIpc) is 3.21. The molecule has 2 heterocycles. The molecule has 1 atom stereocenters. The van der Waals surface area contributed by atoms with E-state index in [2.05, 4.69) is 53.3 Å². The molecule has 0 aliphatic carbocycles. The van der Waals surface area contributed by atoms with Crippen LogP contribution in [0.5, 0.6) is 0 Å². The van der Waals surface area contributed by atoms with Gasteiger partial charge in [0.25, 0.3) is 0 Å². The zero-order valence-electron chi connectivity index (χ0n) is 16.8. The van der Waals surface area contributed by atoms with Gasteiger partial charge in [-0.15, -0.1) is 0 Å². The largest absolute Gasteiger partial charge is 0.348 e. The van der Waals surface area contributed by atoms with Gasteiger partial charge >= 0.3 is 0 Å². The highest BCUT2D eigenvalue weighted by Crippen LogP contribution is 2.28. The summed E-state index contributed by atoms with van der Waals surface area (Å²) in [5.41, 5.74) is 3.63. The normalized spacial score (nSPS) is 12.8. The van der Waals surface area contributed by atoms with Crippen LogP contribution in [0, 0.1) is 0 Å². The second-order valence-corrected chi connectivity index (χ2v) is 8.50. The summed E-state index contributed by atoms with van der Waals surface area (Å²) in [4.78, 5) is 11.9. The Morgan fingerprint density at radius 3 is 2.54 bits per heavy atom. The van der Waals surface area contributed by atoms with Gasteiger partial charge in [-0.05, 0) is 49.1 Å². The number of halogens is 1. The second-order valence-electron chi connectivity index (χ2n) is 8.06. The van der Waals surface area contributed by atoms with Crippen molar-refractivity contribution < 1.29 is 4.48 Å². The molecule has 1 unspecified atom stereocenters. The minimum Gasteiger partial charge on any atom is -0.348 e. The summed E-state index contributed by atoms with van der Waals surface area (Å²) in [6.07, 6.45) is 10.1. The van der Waals surface area contributed by atoms with E-state index >= 15 is 0 Å². The van der Waals surface area contributed by atoms with E-state index in [-0.39, 0.29) is 0 Å². The van der Waals surface area contributed by atoms with Crippen LogP contribution >= 0.6 is 11.6 Å². The number of rotatable bonds is 10. The molecule has 0 saturated heterocycles. The monoisotopic (exact) mass is 397 g/mol. The van der Waals surface area contributed by atoms with Crippen LogP contribution in [0.1, 0.15) is 42.1 Å². The average molecular weight is 398 g/mol. The number of benzene rings is 1. The standard InChI is InChI=1S/C23H30ClN4/c1-28(2,15-6-4-7-21-17-25-18-27-21)16-13-22(23-8-3-5-14-26-23)19-9-11-20(24)12-10-19/h3,5,8-12,14,17-18,22H,4,6-7,13,15-16H2,1-2H3,(H,25,27)/q+1. The fraction of sp³-hybridized carbons (Fsp3) is 0.391. The number of aromatic amines is 1. The molecule has 0 radical (unpaired) electrons. The van der Waals surface area contributed by atoms with Crippen molar-refractivity contribution in [3.05, 3.63) is 83.2 Å². The lowest BCUT2D eigenvalue weighted by Crippen LogP contribution is -2.41. The number of aromatic nitrogens is 3. The van der Waals surface area contributed by atoms with Gasteiger partial charge in [-0.3, -0.25) is 4.98 Å². The van der Waals surface area contributed by atoms with Crippen LogP contribution < -0.4 is 0 Å². The Morgan fingerprint density at radius 1 is 1.04 bits per heavy atom. The molecule has 0 bridgehead atoms. The number of unbranched alkanes of at least 4 members (excludes halogenated alkanes) is 1. The number of imidazole rings is 1. The summed E-state index contributed by atoms with van der Waals surface area (Å²) in [5, 5.41) is 0.775. The van der Waals surface area contributed by atoms with Crippen LogP contribution in [0.4, 0.5) is 0 Å². The first-order chi connectivity index (χ1) is 13.5. The fourth-order valence-corrected chi connectivity index (χ4v) is 3.76. The van der Waals surface area contributed by atoms with Gasteiger partial charge in [0.2, 0.25) is 0 Å². The minimum absolute atomic E-state index is 0.292. The van der Waals surface area contributed by atoms with Crippen LogP contribution in [0.15, 0.2) is 61.2 Å². The lowest BCUT2D eigenvalue weighted by atomic mass is 9.91. The molecule has 1 aromatic carbocycles. The van der Waals surface area contributed by atoms with E-state index in [1.54, 1.807) is 6.33 Å². The zero-order valence-corrected chi connectivity index (χ0v) is 17.6. The van der Waals surface area contributed by atoms with Crippen molar-refractivity contribution in [1.29, 1.82) is 0 Å². The van der Waals surface area contributed by atoms with Crippen molar-refractivity contribution in [3.63, 3.8) is 0 Å². The zero-order chi connectivity index (χ0) is 19.8. The van der Waals surface area contributed by atoms with E-state index in [9.17, 15) is 0 Å². The van der Waals surface area contributed by atoms with Crippen molar-refractivity contribution in [3.8, 4) is 0 Å². The number of nitrogens with one attached hydrogen (secondary N) is 1. The van der Waals surface area contributed by atoms with Crippen molar-refractivity contribution in [2.45, 2.75) is 31.6 Å². The van der Waals surface area contributed by atoms with E-state index in [1.165, 1.54) is 30.6 Å². The predicted molar refractivity (Wildman–Crippen MR) is 116 cm³/mol. The molecular weight excluding hydrogens is 368 g/mol. The van der Waals surface area contributed by atoms with E-state index < -0.39 is 0 Å².